The van der Waals surface area contributed by atoms with Crippen molar-refractivity contribution in [2.24, 2.45) is 0 Å². The zero-order valence-electron chi connectivity index (χ0n) is 15.9. The zero-order valence-corrected chi connectivity index (χ0v) is 16.7. The van der Waals surface area contributed by atoms with Crippen LogP contribution >= 0.6 is 11.6 Å². The fourth-order valence-corrected chi connectivity index (χ4v) is 3.77. The van der Waals surface area contributed by atoms with E-state index in [-0.39, 0.29) is 22.1 Å². The molecule has 1 aromatic heterocycles. The molecule has 0 saturated carbocycles. The van der Waals surface area contributed by atoms with Crippen LogP contribution in [0.1, 0.15) is 41.4 Å². The highest BCUT2D eigenvalue weighted by atomic mass is 35.5. The van der Waals surface area contributed by atoms with Gasteiger partial charge in [-0.3, -0.25) is 9.36 Å². The molecular weight excluding hydrogens is 439 g/mol. The summed E-state index contributed by atoms with van der Waals surface area (Å²) in [6.07, 6.45) is -7.75. The summed E-state index contributed by atoms with van der Waals surface area (Å²) in [5, 5.41) is 16.6. The second kappa shape index (κ2) is 7.86. The highest BCUT2D eigenvalue weighted by Gasteiger charge is 2.43. The average molecular weight is 454 g/mol. The minimum Gasteiger partial charge on any atom is -0.496 e. The largest absolute Gasteiger partial charge is 0.496 e. The molecule has 1 aliphatic heterocycles. The van der Waals surface area contributed by atoms with E-state index in [2.05, 4.69) is 10.2 Å². The Hall–Kier alpha value is -3.11. The summed E-state index contributed by atoms with van der Waals surface area (Å²) in [4.78, 5) is 11.5. The lowest BCUT2D eigenvalue weighted by Gasteiger charge is -2.23. The Morgan fingerprint density at radius 1 is 1.23 bits per heavy atom. The van der Waals surface area contributed by atoms with Gasteiger partial charge in [0, 0.05) is 16.1 Å². The molecule has 162 valence electrons. The van der Waals surface area contributed by atoms with Crippen LogP contribution in [0.15, 0.2) is 42.5 Å². The summed E-state index contributed by atoms with van der Waals surface area (Å²) in [6.45, 7) is 0. The van der Waals surface area contributed by atoms with Crippen molar-refractivity contribution in [2.45, 2.75) is 24.8 Å². The van der Waals surface area contributed by atoms with Crippen LogP contribution < -0.4 is 4.74 Å². The number of carboxylic acid groups (broad SMARTS) is 1. The lowest BCUT2D eigenvalue weighted by Crippen LogP contribution is -2.17. The van der Waals surface area contributed by atoms with E-state index in [0.29, 0.717) is 11.3 Å². The molecule has 0 saturated heterocycles. The van der Waals surface area contributed by atoms with E-state index in [1.807, 2.05) is 0 Å². The van der Waals surface area contributed by atoms with Crippen LogP contribution in [-0.4, -0.2) is 33.0 Å². The van der Waals surface area contributed by atoms with Gasteiger partial charge in [0.05, 0.1) is 19.2 Å². The molecular formula is C20H15ClF3N3O4. The van der Waals surface area contributed by atoms with Gasteiger partial charge in [-0.15, -0.1) is 10.2 Å². The summed E-state index contributed by atoms with van der Waals surface area (Å²) in [7, 11) is 1.44. The van der Waals surface area contributed by atoms with Gasteiger partial charge >= 0.3 is 12.1 Å². The number of methoxy groups -OCH3 is 1. The average Bonchev–Trinajstić information content (AvgIpc) is 3.11. The number of benzene rings is 2. The highest BCUT2D eigenvalue weighted by molar-refractivity contribution is 6.30. The Kier molecular flexibility index (Phi) is 5.36. The summed E-state index contributed by atoms with van der Waals surface area (Å²) < 4.78 is 53.4. The van der Waals surface area contributed by atoms with Gasteiger partial charge in [0.15, 0.2) is 5.82 Å². The maximum absolute atomic E-state index is 13.7. The van der Waals surface area contributed by atoms with Crippen molar-refractivity contribution in [3.63, 3.8) is 0 Å². The van der Waals surface area contributed by atoms with Gasteiger partial charge < -0.3 is 14.6 Å². The summed E-state index contributed by atoms with van der Waals surface area (Å²) in [5.41, 5.74) is 0.869. The molecule has 0 fully saturated rings. The molecule has 1 aliphatic rings. The maximum atomic E-state index is 13.7. The van der Waals surface area contributed by atoms with E-state index in [1.54, 1.807) is 24.3 Å². The first-order valence-electron chi connectivity index (χ1n) is 9.03. The second-order valence-corrected chi connectivity index (χ2v) is 7.20. The van der Waals surface area contributed by atoms with Gasteiger partial charge in [-0.25, -0.2) is 0 Å². The predicted octanol–water partition coefficient (Wildman–Crippen LogP) is 4.58. The van der Waals surface area contributed by atoms with Gasteiger partial charge in [0.1, 0.15) is 18.0 Å². The molecule has 2 aromatic carbocycles. The van der Waals surface area contributed by atoms with Gasteiger partial charge in [-0.1, -0.05) is 29.8 Å². The van der Waals surface area contributed by atoms with Crippen LogP contribution in [0, 0.1) is 0 Å². The van der Waals surface area contributed by atoms with Crippen molar-refractivity contribution >= 4 is 17.6 Å². The topological polar surface area (TPSA) is 86.5 Å². The number of aliphatic carboxylic acids is 1. The van der Waals surface area contributed by atoms with Gasteiger partial charge in [-0.05, 0) is 24.3 Å². The Labute approximate surface area is 179 Å². The Morgan fingerprint density at radius 3 is 2.65 bits per heavy atom. The summed E-state index contributed by atoms with van der Waals surface area (Å²) in [6, 6.07) is 11.1. The van der Waals surface area contributed by atoms with Crippen LogP contribution in [0.5, 0.6) is 5.75 Å². The van der Waals surface area contributed by atoms with Crippen LogP contribution in [0.2, 0.25) is 5.02 Å². The molecule has 0 radical (unpaired) electrons. The molecule has 1 N–H and O–H groups in total. The summed E-state index contributed by atoms with van der Waals surface area (Å²) in [5.74, 6) is -2.40. The molecule has 0 unspecified atom stereocenters. The van der Waals surface area contributed by atoms with Gasteiger partial charge in [0.2, 0.25) is 5.82 Å². The number of halogens is 4. The number of nitrogens with zero attached hydrogens (tertiary/aromatic N) is 3. The third-order valence-electron chi connectivity index (χ3n) is 4.82. The monoisotopic (exact) mass is 453 g/mol. The predicted molar refractivity (Wildman–Crippen MR) is 102 cm³/mol. The third-order valence-corrected chi connectivity index (χ3v) is 5.06. The van der Waals surface area contributed by atoms with Crippen LogP contribution in [0.3, 0.4) is 0 Å². The number of hydrogen-bond donors (Lipinski definition) is 1. The Bertz CT molecular complexity index is 1150. The number of carbonyl (C=O) groups is 1. The fraction of sp³-hybridized carbons (Fsp3) is 0.250. The number of para-hydroxylation sites is 1. The number of alkyl halides is 3. The van der Waals surface area contributed by atoms with Crippen molar-refractivity contribution in [3.8, 4) is 11.4 Å². The number of carboxylic acids is 1. The summed E-state index contributed by atoms with van der Waals surface area (Å²) >= 11 is 6.16. The Morgan fingerprint density at radius 2 is 1.97 bits per heavy atom. The minimum absolute atomic E-state index is 0.0838. The lowest BCUT2D eigenvalue weighted by molar-refractivity contribution is -0.146. The first-order valence-corrected chi connectivity index (χ1v) is 9.41. The normalized spacial score (nSPS) is 18.1. The number of fused-ring (bicyclic) bond motifs is 3. The van der Waals surface area contributed by atoms with E-state index in [0.717, 1.165) is 4.57 Å². The standard InChI is InChI=1S/C20H15ClF3N3O4/c1-30-14-5-3-2-4-11(14)17-12-8-10(21)6-7-13(12)27-18(15(31-17)9-16(28)29)25-26-19(27)20(22,23)24/h2-8,15,17H,9H2,1H3,(H,28,29)/t15-,17-/m1/s1. The van der Waals surface area contributed by atoms with Gasteiger partial charge in [-0.2, -0.15) is 13.2 Å². The van der Waals surface area contributed by atoms with E-state index in [9.17, 15) is 23.1 Å². The fourth-order valence-electron chi connectivity index (χ4n) is 3.59. The maximum Gasteiger partial charge on any atom is 0.452 e. The molecule has 7 nitrogen and oxygen atoms in total. The molecule has 4 rings (SSSR count). The number of aromatic nitrogens is 3. The molecule has 2 heterocycles. The molecule has 0 amide bonds. The molecule has 3 aromatic rings. The van der Waals surface area contributed by atoms with Crippen molar-refractivity contribution in [1.82, 2.24) is 14.8 Å². The van der Waals surface area contributed by atoms with Crippen LogP contribution in [-0.2, 0) is 15.7 Å². The van der Waals surface area contributed by atoms with Crippen LogP contribution in [0.25, 0.3) is 5.69 Å². The lowest BCUT2D eigenvalue weighted by atomic mass is 9.98. The molecule has 31 heavy (non-hydrogen) atoms. The van der Waals surface area contributed by atoms with Crippen molar-refractivity contribution in [3.05, 3.63) is 70.3 Å². The third kappa shape index (κ3) is 3.84. The SMILES string of the molecule is COc1ccccc1[C@H]1O[C@H](CC(=O)O)c2nnc(C(F)(F)F)n2-c2ccc(Cl)cc21. The molecule has 0 aliphatic carbocycles. The second-order valence-electron chi connectivity index (χ2n) is 6.76. The van der Waals surface area contributed by atoms with Crippen molar-refractivity contribution in [1.29, 1.82) is 0 Å². The first-order chi connectivity index (χ1) is 14.7. The molecule has 11 heteroatoms. The molecule has 0 spiro atoms. The number of hydrogen-bond acceptors (Lipinski definition) is 5. The minimum atomic E-state index is -4.83. The molecule has 0 bridgehead atoms. The molecule has 2 atom stereocenters. The highest BCUT2D eigenvalue weighted by Crippen LogP contribution is 2.45. The Balaban J connectivity index is 2.03. The van der Waals surface area contributed by atoms with E-state index >= 15 is 0 Å². The quantitative estimate of drug-likeness (QED) is 0.622. The number of rotatable bonds is 4. The van der Waals surface area contributed by atoms with E-state index in [1.165, 1.54) is 25.3 Å². The zero-order chi connectivity index (χ0) is 22.3. The van der Waals surface area contributed by atoms with Crippen LogP contribution in [0.4, 0.5) is 13.2 Å². The van der Waals surface area contributed by atoms with Crippen molar-refractivity contribution in [2.75, 3.05) is 7.11 Å². The van der Waals surface area contributed by atoms with Crippen molar-refractivity contribution < 1.29 is 32.5 Å². The first kappa shape index (κ1) is 21.1. The smallest absolute Gasteiger partial charge is 0.452 e. The van der Waals surface area contributed by atoms with Gasteiger partial charge in [0.25, 0.3) is 0 Å². The van der Waals surface area contributed by atoms with E-state index in [4.69, 9.17) is 21.1 Å². The number of ether oxygens (including phenoxy) is 2. The van der Waals surface area contributed by atoms with E-state index < -0.39 is 36.6 Å².